The maximum atomic E-state index is 4.40. The molecule has 1 aromatic carbocycles. The van der Waals surface area contributed by atoms with Crippen molar-refractivity contribution in [1.82, 2.24) is 4.98 Å². The Kier molecular flexibility index (Phi) is 2.47. The van der Waals surface area contributed by atoms with E-state index in [2.05, 4.69) is 66.0 Å². The number of fused-ring (bicyclic) bond motifs is 1. The molecule has 1 aliphatic heterocycles. The number of rotatable bonds is 1. The average molecular weight is 239 g/mol. The molecule has 0 amide bonds. The molecule has 92 valence electrons. The number of aryl methyl sites for hydroxylation is 1. The van der Waals surface area contributed by atoms with Crippen LogP contribution in [-0.4, -0.2) is 18.2 Å². The van der Waals surface area contributed by atoms with Crippen LogP contribution in [0.5, 0.6) is 0 Å². The van der Waals surface area contributed by atoms with Crippen molar-refractivity contribution in [2.45, 2.75) is 20.0 Å². The Morgan fingerprint density at radius 1 is 1.00 bits per heavy atom. The van der Waals surface area contributed by atoms with Gasteiger partial charge in [-0.15, -0.1) is 0 Å². The van der Waals surface area contributed by atoms with Gasteiger partial charge in [0.25, 0.3) is 0 Å². The fourth-order valence-corrected chi connectivity index (χ4v) is 2.60. The predicted molar refractivity (Wildman–Crippen MR) is 75.4 cm³/mol. The van der Waals surface area contributed by atoms with Gasteiger partial charge in [0, 0.05) is 13.2 Å². The zero-order valence-corrected chi connectivity index (χ0v) is 11.0. The lowest BCUT2D eigenvalue weighted by molar-refractivity contribution is 0.731. The Balaban J connectivity index is 2.16. The highest BCUT2D eigenvalue weighted by molar-refractivity contribution is 5.83. The minimum atomic E-state index is 0.310. The third kappa shape index (κ3) is 1.47. The summed E-state index contributed by atoms with van der Waals surface area (Å²) in [6.45, 7) is 4.27. The summed E-state index contributed by atoms with van der Waals surface area (Å²) in [6.07, 6.45) is 2.15. The van der Waals surface area contributed by atoms with Crippen molar-refractivity contribution >= 4 is 17.1 Å². The maximum absolute atomic E-state index is 4.40. The van der Waals surface area contributed by atoms with Crippen LogP contribution in [0, 0.1) is 6.92 Å². The van der Waals surface area contributed by atoms with Crippen molar-refractivity contribution in [3.63, 3.8) is 0 Å². The van der Waals surface area contributed by atoms with Crippen LogP contribution in [0.4, 0.5) is 17.1 Å². The molecular weight excluding hydrogens is 222 g/mol. The van der Waals surface area contributed by atoms with Gasteiger partial charge in [-0.05, 0) is 38.1 Å². The number of anilines is 3. The standard InChI is InChI=1S/C15H17N3/c1-11-13(9-6-10-16-11)18-12(2)17(3)14-7-4-5-8-15(14)18/h4-10,12H,1-3H3. The lowest BCUT2D eigenvalue weighted by Crippen LogP contribution is -2.36. The molecule has 1 aromatic heterocycles. The molecule has 0 fully saturated rings. The topological polar surface area (TPSA) is 19.4 Å². The molecular formula is C15H17N3. The summed E-state index contributed by atoms with van der Waals surface area (Å²) >= 11 is 0. The van der Waals surface area contributed by atoms with Gasteiger partial charge < -0.3 is 9.80 Å². The summed E-state index contributed by atoms with van der Waals surface area (Å²) in [5, 5.41) is 0. The molecule has 2 heterocycles. The molecule has 1 unspecified atom stereocenters. The van der Waals surface area contributed by atoms with Gasteiger partial charge in [0.15, 0.2) is 0 Å². The zero-order chi connectivity index (χ0) is 12.7. The molecule has 3 rings (SSSR count). The van der Waals surface area contributed by atoms with Gasteiger partial charge in [0.2, 0.25) is 0 Å². The zero-order valence-electron chi connectivity index (χ0n) is 11.0. The fourth-order valence-electron chi connectivity index (χ4n) is 2.60. The van der Waals surface area contributed by atoms with Gasteiger partial charge in [0.1, 0.15) is 6.17 Å². The van der Waals surface area contributed by atoms with E-state index in [1.54, 1.807) is 0 Å². The molecule has 0 bridgehead atoms. The van der Waals surface area contributed by atoms with Crippen molar-refractivity contribution in [2.75, 3.05) is 16.8 Å². The van der Waals surface area contributed by atoms with E-state index < -0.39 is 0 Å². The van der Waals surface area contributed by atoms with Crippen molar-refractivity contribution < 1.29 is 0 Å². The van der Waals surface area contributed by atoms with E-state index in [1.165, 1.54) is 17.1 Å². The first-order valence-electron chi connectivity index (χ1n) is 6.23. The van der Waals surface area contributed by atoms with Crippen LogP contribution in [0.15, 0.2) is 42.6 Å². The Labute approximate surface area is 108 Å². The molecule has 0 aliphatic carbocycles. The first kappa shape index (κ1) is 11.1. The first-order chi connectivity index (χ1) is 8.70. The van der Waals surface area contributed by atoms with Gasteiger partial charge in [0.05, 0.1) is 22.8 Å². The number of aromatic nitrogens is 1. The van der Waals surface area contributed by atoms with Crippen molar-refractivity contribution in [3.8, 4) is 0 Å². The number of benzene rings is 1. The quantitative estimate of drug-likeness (QED) is 0.761. The summed E-state index contributed by atoms with van der Waals surface area (Å²) in [5.41, 5.74) is 4.77. The highest BCUT2D eigenvalue weighted by atomic mass is 15.4. The molecule has 2 aromatic rings. The monoisotopic (exact) mass is 239 g/mol. The molecule has 0 spiro atoms. The number of nitrogens with zero attached hydrogens (tertiary/aromatic N) is 3. The van der Waals surface area contributed by atoms with Crippen LogP contribution < -0.4 is 9.80 Å². The Bertz CT molecular complexity index is 579. The minimum absolute atomic E-state index is 0.310. The fraction of sp³-hybridized carbons (Fsp3) is 0.267. The average Bonchev–Trinajstić information content (AvgIpc) is 2.64. The SMILES string of the molecule is Cc1ncccc1N1c2ccccc2N(C)C1C. The van der Waals surface area contributed by atoms with Crippen molar-refractivity contribution in [3.05, 3.63) is 48.3 Å². The highest BCUT2D eigenvalue weighted by Crippen LogP contribution is 2.43. The molecule has 18 heavy (non-hydrogen) atoms. The van der Waals surface area contributed by atoms with E-state index in [0.717, 1.165) is 5.69 Å². The van der Waals surface area contributed by atoms with Crippen LogP contribution in [-0.2, 0) is 0 Å². The minimum Gasteiger partial charge on any atom is -0.353 e. The normalized spacial score (nSPS) is 18.1. The number of pyridine rings is 1. The molecule has 1 atom stereocenters. The van der Waals surface area contributed by atoms with E-state index in [4.69, 9.17) is 0 Å². The summed E-state index contributed by atoms with van der Waals surface area (Å²) in [4.78, 5) is 9.03. The Hall–Kier alpha value is -2.03. The predicted octanol–water partition coefficient (Wildman–Crippen LogP) is 3.32. The van der Waals surface area contributed by atoms with E-state index in [-0.39, 0.29) is 0 Å². The van der Waals surface area contributed by atoms with Gasteiger partial charge in [-0.2, -0.15) is 0 Å². The van der Waals surface area contributed by atoms with Crippen molar-refractivity contribution in [2.24, 2.45) is 0 Å². The van der Waals surface area contributed by atoms with E-state index >= 15 is 0 Å². The molecule has 0 N–H and O–H groups in total. The molecule has 0 radical (unpaired) electrons. The summed E-state index contributed by atoms with van der Waals surface area (Å²) < 4.78 is 0. The lowest BCUT2D eigenvalue weighted by atomic mass is 10.2. The third-order valence-electron chi connectivity index (χ3n) is 3.69. The summed E-state index contributed by atoms with van der Waals surface area (Å²) in [7, 11) is 2.13. The van der Waals surface area contributed by atoms with Crippen LogP contribution in [0.1, 0.15) is 12.6 Å². The molecule has 3 nitrogen and oxygen atoms in total. The largest absolute Gasteiger partial charge is 0.353 e. The Morgan fingerprint density at radius 3 is 2.39 bits per heavy atom. The summed E-state index contributed by atoms with van der Waals surface area (Å²) in [6, 6.07) is 12.6. The van der Waals surface area contributed by atoms with Crippen LogP contribution >= 0.6 is 0 Å². The van der Waals surface area contributed by atoms with Crippen molar-refractivity contribution in [1.29, 1.82) is 0 Å². The highest BCUT2D eigenvalue weighted by Gasteiger charge is 2.31. The lowest BCUT2D eigenvalue weighted by Gasteiger charge is -2.28. The first-order valence-corrected chi connectivity index (χ1v) is 6.23. The molecule has 0 saturated carbocycles. The van der Waals surface area contributed by atoms with Crippen LogP contribution in [0.3, 0.4) is 0 Å². The van der Waals surface area contributed by atoms with E-state index in [0.29, 0.717) is 6.17 Å². The molecule has 0 saturated heterocycles. The second-order valence-electron chi connectivity index (χ2n) is 4.71. The number of para-hydroxylation sites is 2. The number of hydrogen-bond acceptors (Lipinski definition) is 3. The van der Waals surface area contributed by atoms with Crippen LogP contribution in [0.2, 0.25) is 0 Å². The summed E-state index contributed by atoms with van der Waals surface area (Å²) in [5.74, 6) is 0. The van der Waals surface area contributed by atoms with Gasteiger partial charge in [-0.25, -0.2) is 0 Å². The van der Waals surface area contributed by atoms with Gasteiger partial charge >= 0.3 is 0 Å². The van der Waals surface area contributed by atoms with E-state index in [1.807, 2.05) is 12.3 Å². The molecule has 1 aliphatic rings. The number of hydrogen-bond donors (Lipinski definition) is 0. The van der Waals surface area contributed by atoms with Gasteiger partial charge in [-0.1, -0.05) is 12.1 Å². The third-order valence-corrected chi connectivity index (χ3v) is 3.69. The Morgan fingerprint density at radius 2 is 1.67 bits per heavy atom. The smallest absolute Gasteiger partial charge is 0.103 e. The van der Waals surface area contributed by atoms with Gasteiger partial charge in [-0.3, -0.25) is 4.98 Å². The second-order valence-corrected chi connectivity index (χ2v) is 4.71. The second kappa shape index (κ2) is 4.02. The van der Waals surface area contributed by atoms with E-state index in [9.17, 15) is 0 Å². The van der Waals surface area contributed by atoms with Crippen LogP contribution in [0.25, 0.3) is 0 Å². The maximum Gasteiger partial charge on any atom is 0.103 e. The molecule has 3 heteroatoms.